The van der Waals surface area contributed by atoms with E-state index in [4.69, 9.17) is 14.0 Å². The number of aliphatic imine (C=N–C) groups is 1. The lowest BCUT2D eigenvalue weighted by Gasteiger charge is -2.13. The summed E-state index contributed by atoms with van der Waals surface area (Å²) in [6.45, 7) is 3.81. The van der Waals surface area contributed by atoms with E-state index in [2.05, 4.69) is 4.99 Å². The summed E-state index contributed by atoms with van der Waals surface area (Å²) in [5.41, 5.74) is 2.06. The van der Waals surface area contributed by atoms with Crippen LogP contribution < -0.4 is 5.23 Å². The van der Waals surface area contributed by atoms with Gasteiger partial charge in [-0.15, -0.1) is 0 Å². The molecule has 7 heteroatoms. The van der Waals surface area contributed by atoms with Crippen molar-refractivity contribution in [3.63, 3.8) is 0 Å². The number of rotatable bonds is 6. The predicted octanol–water partition coefficient (Wildman–Crippen LogP) is 4.53. The van der Waals surface area contributed by atoms with Crippen LogP contribution in [0.1, 0.15) is 40.1 Å². The van der Waals surface area contributed by atoms with Crippen molar-refractivity contribution in [3.8, 4) is 5.75 Å². The highest BCUT2D eigenvalue weighted by Gasteiger charge is 2.23. The fraction of sp³-hybridized carbons (Fsp3) is 0.125. The fourth-order valence-corrected chi connectivity index (χ4v) is 3.37. The number of aromatic hydroxyl groups is 1. The van der Waals surface area contributed by atoms with E-state index >= 15 is 0 Å². The van der Waals surface area contributed by atoms with E-state index in [-0.39, 0.29) is 17.4 Å². The molecule has 0 amide bonds. The topological polar surface area (TPSA) is 107 Å². The summed E-state index contributed by atoms with van der Waals surface area (Å²) in [4.78, 5) is 4.37. The number of nitrogens with zero attached hydrogens (tertiary/aromatic N) is 1. The van der Waals surface area contributed by atoms with Gasteiger partial charge in [0.25, 0.3) is 0 Å². The molecule has 2 heterocycles. The van der Waals surface area contributed by atoms with Crippen LogP contribution in [0.2, 0.25) is 0 Å². The molecule has 7 nitrogen and oxygen atoms in total. The van der Waals surface area contributed by atoms with Gasteiger partial charge in [-0.05, 0) is 61.9 Å². The Labute approximate surface area is 179 Å². The molecule has 0 spiro atoms. The van der Waals surface area contributed by atoms with Gasteiger partial charge in [0, 0.05) is 23.9 Å². The first kappa shape index (κ1) is 20.6. The second kappa shape index (κ2) is 8.61. The Morgan fingerprint density at radius 3 is 2.03 bits per heavy atom. The summed E-state index contributed by atoms with van der Waals surface area (Å²) in [6.07, 6.45) is 1.44. The molecule has 1 unspecified atom stereocenters. The number of aryl methyl sites for hydroxylation is 2. The average Bonchev–Trinajstić information content (AvgIpc) is 3.37. The number of quaternary nitrogens is 1. The van der Waals surface area contributed by atoms with E-state index in [1.165, 1.54) is 24.4 Å². The van der Waals surface area contributed by atoms with Gasteiger partial charge in [-0.25, -0.2) is 5.21 Å². The number of phenolic OH excluding ortho intramolecular Hbond substituents is 1. The Hall–Kier alpha value is -3.65. The molecule has 0 bridgehead atoms. The lowest BCUT2D eigenvalue weighted by Crippen LogP contribution is -2.99. The van der Waals surface area contributed by atoms with Crippen molar-refractivity contribution < 1.29 is 24.4 Å². The van der Waals surface area contributed by atoms with Crippen molar-refractivity contribution in [2.45, 2.75) is 19.8 Å². The van der Waals surface area contributed by atoms with Gasteiger partial charge in [0.1, 0.15) is 34.7 Å². The molecular formula is C24H22N2O5. The van der Waals surface area contributed by atoms with Crippen LogP contribution in [0, 0.1) is 19.1 Å². The summed E-state index contributed by atoms with van der Waals surface area (Å²) in [5.74, 6) is 3.02. The van der Waals surface area contributed by atoms with Crippen molar-refractivity contribution >= 4 is 17.6 Å². The van der Waals surface area contributed by atoms with Crippen LogP contribution in [0.15, 0.2) is 80.6 Å². The van der Waals surface area contributed by atoms with Gasteiger partial charge in [0.05, 0.1) is 5.69 Å². The van der Waals surface area contributed by atoms with E-state index in [0.29, 0.717) is 11.3 Å². The number of phenols is 1. The van der Waals surface area contributed by atoms with Gasteiger partial charge in [-0.1, -0.05) is 12.1 Å². The Kier molecular flexibility index (Phi) is 5.73. The highest BCUT2D eigenvalue weighted by atomic mass is 16.8. The van der Waals surface area contributed by atoms with Crippen LogP contribution in [-0.4, -0.2) is 16.5 Å². The van der Waals surface area contributed by atoms with Gasteiger partial charge in [0.2, 0.25) is 0 Å². The molecule has 0 saturated carbocycles. The summed E-state index contributed by atoms with van der Waals surface area (Å²) >= 11 is 0. The smallest absolute Gasteiger partial charge is 0.164 e. The lowest BCUT2D eigenvalue weighted by atomic mass is 9.94. The minimum absolute atomic E-state index is 0.0354. The summed E-state index contributed by atoms with van der Waals surface area (Å²) in [6, 6.07) is 19.4. The first-order valence-electron chi connectivity index (χ1n) is 9.74. The average molecular weight is 418 g/mol. The van der Waals surface area contributed by atoms with Gasteiger partial charge < -0.3 is 19.1 Å². The lowest BCUT2D eigenvalue weighted by molar-refractivity contribution is -0.991. The second-order valence-corrected chi connectivity index (χ2v) is 7.26. The third-order valence-corrected chi connectivity index (χ3v) is 4.94. The number of hydrogen-bond donors (Lipinski definition) is 3. The maximum atomic E-state index is 11.1. The molecule has 1 atom stereocenters. The van der Waals surface area contributed by atoms with E-state index in [0.717, 1.165) is 28.6 Å². The second-order valence-electron chi connectivity index (χ2n) is 7.26. The highest BCUT2D eigenvalue weighted by molar-refractivity contribution is 5.86. The Morgan fingerprint density at radius 2 is 1.52 bits per heavy atom. The number of nitrogens with one attached hydrogen (secondary N) is 1. The molecule has 2 aromatic heterocycles. The van der Waals surface area contributed by atoms with Crippen LogP contribution in [0.3, 0.4) is 0 Å². The minimum Gasteiger partial charge on any atom is -0.595 e. The summed E-state index contributed by atoms with van der Waals surface area (Å²) < 4.78 is 11.8. The van der Waals surface area contributed by atoms with Crippen molar-refractivity contribution in [2.24, 2.45) is 4.99 Å². The standard InChI is InChI=1S/C24H22N2O5/c1-15-3-11-22(30-15)24(23-12-4-16(2)31-23)17-5-7-19(8-6-17)25-14-18-13-20(26(28)29)9-10-21(18)27/h3-14,24,26-28H,1-2H3. The maximum Gasteiger partial charge on any atom is 0.164 e. The monoisotopic (exact) mass is 418 g/mol. The van der Waals surface area contributed by atoms with Crippen LogP contribution in [-0.2, 0) is 0 Å². The quantitative estimate of drug-likeness (QED) is 0.242. The van der Waals surface area contributed by atoms with Crippen LogP contribution in [0.5, 0.6) is 5.75 Å². The molecule has 4 rings (SSSR count). The largest absolute Gasteiger partial charge is 0.595 e. The zero-order chi connectivity index (χ0) is 22.0. The third-order valence-electron chi connectivity index (χ3n) is 4.94. The zero-order valence-corrected chi connectivity index (χ0v) is 17.1. The number of furan rings is 2. The molecule has 0 aliphatic heterocycles. The van der Waals surface area contributed by atoms with Crippen LogP contribution >= 0.6 is 0 Å². The van der Waals surface area contributed by atoms with Gasteiger partial charge in [-0.2, -0.15) is 5.23 Å². The molecule has 0 fully saturated rings. The summed E-state index contributed by atoms with van der Waals surface area (Å²) in [5, 5.41) is 29.2. The van der Waals surface area contributed by atoms with Crippen molar-refractivity contribution in [1.29, 1.82) is 0 Å². The molecule has 31 heavy (non-hydrogen) atoms. The Balaban J connectivity index is 1.62. The predicted molar refractivity (Wildman–Crippen MR) is 115 cm³/mol. The Bertz CT molecular complexity index is 1160. The fourth-order valence-electron chi connectivity index (χ4n) is 3.37. The van der Waals surface area contributed by atoms with Crippen molar-refractivity contribution in [1.82, 2.24) is 0 Å². The number of benzene rings is 2. The molecule has 158 valence electrons. The number of hydrogen-bond acceptors (Lipinski definition) is 6. The van der Waals surface area contributed by atoms with E-state index < -0.39 is 5.23 Å². The first-order chi connectivity index (χ1) is 14.9. The first-order valence-corrected chi connectivity index (χ1v) is 9.74. The van der Waals surface area contributed by atoms with Crippen LogP contribution in [0.25, 0.3) is 0 Å². The molecular weight excluding hydrogens is 396 g/mol. The molecule has 4 aromatic rings. The minimum atomic E-state index is -1.06. The molecule has 2 aromatic carbocycles. The van der Waals surface area contributed by atoms with Gasteiger partial charge >= 0.3 is 0 Å². The van der Waals surface area contributed by atoms with E-state index in [1.54, 1.807) is 0 Å². The highest BCUT2D eigenvalue weighted by Crippen LogP contribution is 2.35. The van der Waals surface area contributed by atoms with Crippen molar-refractivity contribution in [3.05, 3.63) is 106 Å². The molecule has 0 aliphatic rings. The molecule has 0 aliphatic carbocycles. The molecule has 3 N–H and O–H groups in total. The third kappa shape index (κ3) is 4.59. The van der Waals surface area contributed by atoms with Crippen molar-refractivity contribution in [2.75, 3.05) is 0 Å². The van der Waals surface area contributed by atoms with Crippen LogP contribution in [0.4, 0.5) is 11.4 Å². The van der Waals surface area contributed by atoms with E-state index in [1.807, 2.05) is 62.4 Å². The zero-order valence-electron chi connectivity index (χ0n) is 17.1. The van der Waals surface area contributed by atoms with Gasteiger partial charge in [-0.3, -0.25) is 4.99 Å². The maximum absolute atomic E-state index is 11.1. The summed E-state index contributed by atoms with van der Waals surface area (Å²) in [7, 11) is 0. The van der Waals surface area contributed by atoms with E-state index in [9.17, 15) is 10.3 Å². The Morgan fingerprint density at radius 1 is 0.903 bits per heavy atom. The molecule has 0 saturated heterocycles. The SMILES string of the molecule is Cc1ccc(C(c2ccc(N=Cc3cc([NH+]([O-])O)ccc3O)cc2)c2ccc(C)o2)o1. The normalized spacial score (nSPS) is 12.7. The molecule has 0 radical (unpaired) electrons. The van der Waals surface area contributed by atoms with Gasteiger partial charge in [0.15, 0.2) is 5.69 Å².